The van der Waals surface area contributed by atoms with Gasteiger partial charge in [-0.2, -0.15) is 15.4 Å². The number of allylic oxidation sites excluding steroid dienone is 2. The van der Waals surface area contributed by atoms with Crippen LogP contribution in [0, 0.1) is 11.3 Å². The van der Waals surface area contributed by atoms with Crippen LogP contribution < -0.4 is 5.32 Å². The van der Waals surface area contributed by atoms with Gasteiger partial charge in [0.1, 0.15) is 28.8 Å². The van der Waals surface area contributed by atoms with E-state index in [1.807, 2.05) is 6.07 Å². The van der Waals surface area contributed by atoms with Crippen molar-refractivity contribution in [1.29, 1.82) is 5.26 Å². The summed E-state index contributed by atoms with van der Waals surface area (Å²) in [5, 5.41) is 15.8. The van der Waals surface area contributed by atoms with Crippen LogP contribution >= 0.6 is 0 Å². The molecular formula is C15H14N6O2. The number of rotatable bonds is 2. The molecule has 23 heavy (non-hydrogen) atoms. The van der Waals surface area contributed by atoms with Crippen molar-refractivity contribution in [3.05, 3.63) is 36.2 Å². The van der Waals surface area contributed by atoms with Gasteiger partial charge in [0, 0.05) is 13.2 Å². The molecule has 1 aromatic heterocycles. The van der Waals surface area contributed by atoms with E-state index in [0.29, 0.717) is 11.7 Å². The molecule has 1 unspecified atom stereocenters. The minimum absolute atomic E-state index is 0.0553. The first-order chi connectivity index (χ1) is 11.0. The van der Waals surface area contributed by atoms with Crippen molar-refractivity contribution in [3.63, 3.8) is 0 Å². The van der Waals surface area contributed by atoms with E-state index in [2.05, 4.69) is 15.4 Å². The van der Waals surface area contributed by atoms with E-state index in [1.54, 1.807) is 43.3 Å². The highest BCUT2D eigenvalue weighted by Gasteiger charge is 2.45. The van der Waals surface area contributed by atoms with Gasteiger partial charge in [-0.3, -0.25) is 14.3 Å². The topological polar surface area (TPSA) is 103 Å². The van der Waals surface area contributed by atoms with Gasteiger partial charge in [-0.15, -0.1) is 0 Å². The molecule has 1 N–H and O–H groups in total. The van der Waals surface area contributed by atoms with Crippen LogP contribution in [0.15, 0.2) is 35.6 Å². The van der Waals surface area contributed by atoms with Crippen molar-refractivity contribution < 1.29 is 9.59 Å². The lowest BCUT2D eigenvalue weighted by molar-refractivity contribution is -0.130. The van der Waals surface area contributed by atoms with Crippen LogP contribution in [0.4, 0.5) is 5.82 Å². The second-order valence-electron chi connectivity index (χ2n) is 5.48. The third-order valence-corrected chi connectivity index (χ3v) is 3.89. The van der Waals surface area contributed by atoms with Crippen LogP contribution in [0.25, 0.3) is 0 Å². The Morgan fingerprint density at radius 1 is 1.48 bits per heavy atom. The Morgan fingerprint density at radius 2 is 2.26 bits per heavy atom. The molecule has 2 aliphatic rings. The number of carbonyl (C=O) groups is 2. The zero-order valence-electron chi connectivity index (χ0n) is 12.6. The SMILES string of the molecule is Cn1ncc(C#N)c1NC(=O)C1(C)CC(=O)N=C2C=CC=CN21. The van der Waals surface area contributed by atoms with Gasteiger partial charge < -0.3 is 10.2 Å². The molecule has 0 bridgehead atoms. The molecule has 0 saturated heterocycles. The quantitative estimate of drug-likeness (QED) is 0.866. The number of aromatic nitrogens is 2. The lowest BCUT2D eigenvalue weighted by Gasteiger charge is -2.41. The standard InChI is InChI=1S/C15H14N6O2/c1-15(7-12(22)18-11-5-3-4-6-21(11)15)14(23)19-13-10(8-16)9-17-20(13)2/h3-6,9H,7H2,1-2H3,(H,19,23). The van der Waals surface area contributed by atoms with Gasteiger partial charge in [0.05, 0.1) is 12.6 Å². The van der Waals surface area contributed by atoms with Crippen LogP contribution in [-0.2, 0) is 16.6 Å². The Morgan fingerprint density at radius 3 is 3.00 bits per heavy atom. The number of nitriles is 1. The van der Waals surface area contributed by atoms with Crippen LogP contribution in [0.5, 0.6) is 0 Å². The Kier molecular flexibility index (Phi) is 3.33. The molecule has 1 atom stereocenters. The lowest BCUT2D eigenvalue weighted by atomic mass is 9.91. The maximum atomic E-state index is 12.8. The summed E-state index contributed by atoms with van der Waals surface area (Å²) >= 11 is 0. The summed E-state index contributed by atoms with van der Waals surface area (Å²) < 4.78 is 1.41. The van der Waals surface area contributed by atoms with Gasteiger partial charge in [-0.25, -0.2) is 0 Å². The van der Waals surface area contributed by atoms with E-state index in [0.717, 1.165) is 0 Å². The molecule has 3 heterocycles. The van der Waals surface area contributed by atoms with E-state index in [1.165, 1.54) is 10.9 Å². The minimum Gasteiger partial charge on any atom is -0.317 e. The first kappa shape index (κ1) is 14.7. The molecule has 0 aliphatic carbocycles. The molecule has 0 aromatic carbocycles. The largest absolute Gasteiger partial charge is 0.317 e. The smallest absolute Gasteiger partial charge is 0.252 e. The Balaban J connectivity index is 1.95. The number of hydrogen-bond donors (Lipinski definition) is 1. The van der Waals surface area contributed by atoms with Crippen molar-refractivity contribution >= 4 is 23.5 Å². The minimum atomic E-state index is -1.13. The predicted octanol–water partition coefficient (Wildman–Crippen LogP) is 0.703. The van der Waals surface area contributed by atoms with E-state index >= 15 is 0 Å². The van der Waals surface area contributed by atoms with Crippen molar-refractivity contribution in [2.24, 2.45) is 12.0 Å². The molecule has 3 rings (SSSR count). The van der Waals surface area contributed by atoms with E-state index < -0.39 is 11.4 Å². The van der Waals surface area contributed by atoms with Gasteiger partial charge in [0.2, 0.25) is 0 Å². The summed E-state index contributed by atoms with van der Waals surface area (Å²) in [7, 11) is 1.63. The Hall–Kier alpha value is -3.21. The number of hydrogen-bond acceptors (Lipinski definition) is 5. The van der Waals surface area contributed by atoms with Crippen LogP contribution in [0.1, 0.15) is 18.9 Å². The molecule has 2 amide bonds. The number of nitrogens with zero attached hydrogens (tertiary/aromatic N) is 5. The molecule has 0 spiro atoms. The second-order valence-corrected chi connectivity index (χ2v) is 5.48. The summed E-state index contributed by atoms with van der Waals surface area (Å²) in [6.45, 7) is 1.67. The third kappa shape index (κ3) is 2.32. The summed E-state index contributed by atoms with van der Waals surface area (Å²) in [4.78, 5) is 30.4. The first-order valence-corrected chi connectivity index (χ1v) is 6.95. The molecule has 0 saturated carbocycles. The summed E-state index contributed by atoms with van der Waals surface area (Å²) in [6, 6.07) is 1.97. The number of anilines is 1. The zero-order chi connectivity index (χ0) is 16.6. The average molecular weight is 310 g/mol. The lowest BCUT2D eigenvalue weighted by Crippen LogP contribution is -2.58. The van der Waals surface area contributed by atoms with Gasteiger partial charge >= 0.3 is 0 Å². The van der Waals surface area contributed by atoms with Gasteiger partial charge in [0.15, 0.2) is 0 Å². The number of aliphatic imine (C=N–C) groups is 1. The highest BCUT2D eigenvalue weighted by Crippen LogP contribution is 2.29. The summed E-state index contributed by atoms with van der Waals surface area (Å²) in [5.74, 6) is -0.0451. The number of nitrogens with one attached hydrogen (secondary N) is 1. The first-order valence-electron chi connectivity index (χ1n) is 6.95. The maximum Gasteiger partial charge on any atom is 0.252 e. The molecule has 116 valence electrons. The van der Waals surface area contributed by atoms with Crippen molar-refractivity contribution in [3.8, 4) is 6.07 Å². The monoisotopic (exact) mass is 310 g/mol. The average Bonchev–Trinajstić information content (AvgIpc) is 2.87. The molecule has 2 aliphatic heterocycles. The fourth-order valence-electron chi connectivity index (χ4n) is 2.59. The normalized spacial score (nSPS) is 22.4. The van der Waals surface area contributed by atoms with E-state index in [9.17, 15) is 9.59 Å². The van der Waals surface area contributed by atoms with Crippen molar-refractivity contribution in [2.75, 3.05) is 5.32 Å². The van der Waals surface area contributed by atoms with Crippen molar-refractivity contribution in [2.45, 2.75) is 18.9 Å². The number of carbonyl (C=O) groups excluding carboxylic acids is 2. The van der Waals surface area contributed by atoms with Gasteiger partial charge in [-0.1, -0.05) is 6.08 Å². The highest BCUT2D eigenvalue weighted by molar-refractivity contribution is 6.11. The third-order valence-electron chi connectivity index (χ3n) is 3.89. The fraction of sp³-hybridized carbons (Fsp3) is 0.267. The molecule has 8 nitrogen and oxygen atoms in total. The predicted molar refractivity (Wildman–Crippen MR) is 82.1 cm³/mol. The number of amides is 2. The fourth-order valence-corrected chi connectivity index (χ4v) is 2.59. The number of amidine groups is 1. The number of fused-ring (bicyclic) bond motifs is 1. The Labute approximate surface area is 132 Å². The van der Waals surface area contributed by atoms with Crippen LogP contribution in [-0.4, -0.2) is 37.9 Å². The molecule has 0 radical (unpaired) electrons. The van der Waals surface area contributed by atoms with Crippen LogP contribution in [0.3, 0.4) is 0 Å². The van der Waals surface area contributed by atoms with Gasteiger partial charge in [0.25, 0.3) is 11.8 Å². The highest BCUT2D eigenvalue weighted by atomic mass is 16.2. The number of aryl methyl sites for hydroxylation is 1. The van der Waals surface area contributed by atoms with Crippen molar-refractivity contribution in [1.82, 2.24) is 14.7 Å². The summed E-state index contributed by atoms with van der Waals surface area (Å²) in [5.41, 5.74) is -0.874. The van der Waals surface area contributed by atoms with E-state index in [-0.39, 0.29) is 17.9 Å². The summed E-state index contributed by atoms with van der Waals surface area (Å²) in [6.07, 6.45) is 8.22. The van der Waals surface area contributed by atoms with Gasteiger partial charge in [-0.05, 0) is 19.1 Å². The maximum absolute atomic E-state index is 12.8. The van der Waals surface area contributed by atoms with E-state index in [4.69, 9.17) is 5.26 Å². The molecule has 1 aromatic rings. The Bertz CT molecular complexity index is 826. The van der Waals surface area contributed by atoms with Crippen LogP contribution in [0.2, 0.25) is 0 Å². The molecule has 0 fully saturated rings. The zero-order valence-corrected chi connectivity index (χ0v) is 12.6. The molecule has 8 heteroatoms. The molecular weight excluding hydrogens is 296 g/mol. The second kappa shape index (κ2) is 5.21.